The molecule has 10 heteroatoms. The first kappa shape index (κ1) is 27.9. The van der Waals surface area contributed by atoms with Crippen molar-refractivity contribution in [2.45, 2.75) is 20.3 Å². The van der Waals surface area contributed by atoms with Gasteiger partial charge in [0.1, 0.15) is 22.8 Å². The number of carbonyl (C=O) groups excluding carboxylic acids is 3. The molecule has 4 rings (SSSR count). The second kappa shape index (κ2) is 12.2. The van der Waals surface area contributed by atoms with E-state index in [0.717, 1.165) is 0 Å². The number of esters is 2. The Bertz CT molecular complexity index is 1640. The number of para-hydroxylation sites is 1. The Kier molecular flexibility index (Phi) is 8.48. The fraction of sp³-hybridized carbons (Fsp3) is 0.200. The van der Waals surface area contributed by atoms with Gasteiger partial charge < -0.3 is 28.7 Å². The maximum absolute atomic E-state index is 13.3. The van der Waals surface area contributed by atoms with Crippen molar-refractivity contribution in [3.63, 3.8) is 0 Å². The number of anilines is 1. The fourth-order valence-corrected chi connectivity index (χ4v) is 4.01. The van der Waals surface area contributed by atoms with E-state index in [4.69, 9.17) is 23.4 Å². The van der Waals surface area contributed by atoms with Crippen LogP contribution in [-0.4, -0.2) is 38.7 Å². The summed E-state index contributed by atoms with van der Waals surface area (Å²) in [6.07, 6.45) is 0.503. The first-order chi connectivity index (χ1) is 19.2. The highest BCUT2D eigenvalue weighted by molar-refractivity contribution is 6.03. The highest BCUT2D eigenvalue weighted by Crippen LogP contribution is 2.30. The molecule has 0 aliphatic carbocycles. The van der Waals surface area contributed by atoms with Gasteiger partial charge in [0, 0.05) is 6.07 Å². The normalized spacial score (nSPS) is 10.6. The maximum Gasteiger partial charge on any atom is 0.339 e. The zero-order chi connectivity index (χ0) is 28.8. The molecule has 0 saturated carbocycles. The fourth-order valence-electron chi connectivity index (χ4n) is 4.01. The van der Waals surface area contributed by atoms with E-state index in [0.29, 0.717) is 28.9 Å². The molecule has 0 unspecified atom stereocenters. The predicted molar refractivity (Wildman–Crippen MR) is 146 cm³/mol. The Hall–Kier alpha value is -5.12. The summed E-state index contributed by atoms with van der Waals surface area (Å²) < 4.78 is 27.0. The third-order valence-electron chi connectivity index (χ3n) is 6.02. The summed E-state index contributed by atoms with van der Waals surface area (Å²) in [7, 11) is 2.42. The van der Waals surface area contributed by atoms with Crippen molar-refractivity contribution in [2.75, 3.05) is 26.1 Å². The molecule has 1 amide bonds. The lowest BCUT2D eigenvalue weighted by Gasteiger charge is -2.14. The average molecular weight is 546 g/mol. The van der Waals surface area contributed by atoms with E-state index in [1.807, 2.05) is 13.0 Å². The van der Waals surface area contributed by atoms with Gasteiger partial charge in [-0.15, -0.1) is 0 Å². The number of fused-ring (bicyclic) bond motifs is 1. The van der Waals surface area contributed by atoms with E-state index < -0.39 is 24.5 Å². The van der Waals surface area contributed by atoms with Gasteiger partial charge in [-0.1, -0.05) is 25.1 Å². The Morgan fingerprint density at radius 1 is 0.925 bits per heavy atom. The zero-order valence-corrected chi connectivity index (χ0v) is 22.4. The summed E-state index contributed by atoms with van der Waals surface area (Å²) in [5.41, 5.74) is 0.858. The number of ether oxygens (including phenoxy) is 4. The number of amides is 1. The smallest absolute Gasteiger partial charge is 0.339 e. The van der Waals surface area contributed by atoms with Gasteiger partial charge in [0.05, 0.1) is 36.4 Å². The Morgan fingerprint density at radius 2 is 1.65 bits per heavy atom. The molecule has 0 atom stereocenters. The molecule has 1 heterocycles. The van der Waals surface area contributed by atoms with Gasteiger partial charge in [-0.3, -0.25) is 9.59 Å². The highest BCUT2D eigenvalue weighted by atomic mass is 16.5. The molecule has 1 aromatic heterocycles. The lowest BCUT2D eigenvalue weighted by atomic mass is 10.1. The topological polar surface area (TPSA) is 130 Å². The molecule has 1 N–H and O–H groups in total. The van der Waals surface area contributed by atoms with Crippen LogP contribution in [0.2, 0.25) is 0 Å². The number of rotatable bonds is 9. The third kappa shape index (κ3) is 5.96. The number of benzene rings is 3. The summed E-state index contributed by atoms with van der Waals surface area (Å²) >= 11 is 0. The van der Waals surface area contributed by atoms with E-state index in [9.17, 15) is 19.2 Å². The lowest BCUT2D eigenvalue weighted by Crippen LogP contribution is -2.22. The van der Waals surface area contributed by atoms with Crippen LogP contribution in [0.25, 0.3) is 11.0 Å². The van der Waals surface area contributed by atoms with Gasteiger partial charge in [0.2, 0.25) is 11.2 Å². The largest absolute Gasteiger partial charge is 0.483 e. The SMILES string of the molecule is CCc1cc2c(=O)c(Oc3ccccc3)c(C)oc2cc1OCC(=O)Nc1cc(C(=O)OC)ccc1C(=O)OC. The minimum absolute atomic E-state index is 0.0502. The molecule has 0 saturated heterocycles. The quantitative estimate of drug-likeness (QED) is 0.287. The van der Waals surface area contributed by atoms with Gasteiger partial charge in [0.15, 0.2) is 6.61 Å². The molecular weight excluding hydrogens is 518 g/mol. The number of methoxy groups -OCH3 is 2. The van der Waals surface area contributed by atoms with Gasteiger partial charge in [-0.05, 0) is 55.3 Å². The summed E-state index contributed by atoms with van der Waals surface area (Å²) in [4.78, 5) is 50.2. The summed E-state index contributed by atoms with van der Waals surface area (Å²) in [5.74, 6) is -0.706. The summed E-state index contributed by atoms with van der Waals surface area (Å²) in [6.45, 7) is 3.08. The molecule has 206 valence electrons. The van der Waals surface area contributed by atoms with Gasteiger partial charge in [0.25, 0.3) is 5.91 Å². The van der Waals surface area contributed by atoms with Crippen LogP contribution >= 0.6 is 0 Å². The van der Waals surface area contributed by atoms with E-state index in [2.05, 4.69) is 5.32 Å². The minimum Gasteiger partial charge on any atom is -0.483 e. The second-order valence-electron chi connectivity index (χ2n) is 8.62. The Labute approximate surface area is 229 Å². The predicted octanol–water partition coefficient (Wildman–Crippen LogP) is 5.05. The second-order valence-corrected chi connectivity index (χ2v) is 8.62. The summed E-state index contributed by atoms with van der Waals surface area (Å²) in [5, 5.41) is 2.89. The molecule has 0 spiro atoms. The maximum atomic E-state index is 13.3. The molecule has 0 aliphatic rings. The van der Waals surface area contributed by atoms with E-state index >= 15 is 0 Å². The average Bonchev–Trinajstić information content (AvgIpc) is 2.97. The van der Waals surface area contributed by atoms with Crippen LogP contribution in [-0.2, 0) is 20.7 Å². The first-order valence-electron chi connectivity index (χ1n) is 12.3. The van der Waals surface area contributed by atoms with Crippen LogP contribution in [0, 0.1) is 6.92 Å². The van der Waals surface area contributed by atoms with E-state index in [-0.39, 0.29) is 39.3 Å². The van der Waals surface area contributed by atoms with Crippen molar-refractivity contribution in [1.29, 1.82) is 0 Å². The van der Waals surface area contributed by atoms with Crippen molar-refractivity contribution < 1.29 is 37.7 Å². The molecule has 40 heavy (non-hydrogen) atoms. The molecule has 0 aliphatic heterocycles. The van der Waals surface area contributed by atoms with Crippen molar-refractivity contribution in [2.24, 2.45) is 0 Å². The summed E-state index contributed by atoms with van der Waals surface area (Å²) in [6, 6.07) is 16.2. The number of hydrogen-bond acceptors (Lipinski definition) is 9. The van der Waals surface area contributed by atoms with Crippen molar-refractivity contribution in [1.82, 2.24) is 0 Å². The lowest BCUT2D eigenvalue weighted by molar-refractivity contribution is -0.118. The van der Waals surface area contributed by atoms with Crippen LogP contribution in [0.15, 0.2) is 69.9 Å². The third-order valence-corrected chi connectivity index (χ3v) is 6.02. The minimum atomic E-state index is -0.698. The molecule has 3 aromatic carbocycles. The van der Waals surface area contributed by atoms with Crippen molar-refractivity contribution in [3.8, 4) is 17.2 Å². The number of nitrogens with one attached hydrogen (secondary N) is 1. The Balaban J connectivity index is 1.58. The first-order valence-corrected chi connectivity index (χ1v) is 12.3. The monoisotopic (exact) mass is 545 g/mol. The molecule has 0 bridgehead atoms. The Morgan fingerprint density at radius 3 is 2.33 bits per heavy atom. The number of hydrogen-bond donors (Lipinski definition) is 1. The standard InChI is InChI=1S/C30H27NO9/c1-5-18-13-22-25(39-17(2)28(27(22)33)40-20-9-7-6-8-10-20)15-24(18)38-16-26(32)31-23-14-19(29(34)36-3)11-12-21(23)30(35)37-4/h6-15H,5,16H2,1-4H3,(H,31,32). The van der Waals surface area contributed by atoms with Crippen LogP contribution in [0.1, 0.15) is 39.0 Å². The van der Waals surface area contributed by atoms with E-state index in [1.165, 1.54) is 32.4 Å². The van der Waals surface area contributed by atoms with Crippen molar-refractivity contribution >= 4 is 34.5 Å². The van der Waals surface area contributed by atoms with Gasteiger partial charge in [-0.25, -0.2) is 9.59 Å². The van der Waals surface area contributed by atoms with Gasteiger partial charge in [-0.2, -0.15) is 0 Å². The van der Waals surface area contributed by atoms with Crippen LogP contribution in [0.4, 0.5) is 5.69 Å². The zero-order valence-electron chi connectivity index (χ0n) is 22.4. The molecular formula is C30H27NO9. The number of carbonyl (C=O) groups is 3. The van der Waals surface area contributed by atoms with Gasteiger partial charge >= 0.3 is 11.9 Å². The van der Waals surface area contributed by atoms with Crippen molar-refractivity contribution in [3.05, 3.63) is 93.3 Å². The van der Waals surface area contributed by atoms with Crippen LogP contribution in [0.5, 0.6) is 17.2 Å². The van der Waals surface area contributed by atoms with Crippen LogP contribution < -0.4 is 20.2 Å². The van der Waals surface area contributed by atoms with E-state index in [1.54, 1.807) is 43.3 Å². The number of aryl methyl sites for hydroxylation is 2. The van der Waals surface area contributed by atoms with Crippen LogP contribution in [0.3, 0.4) is 0 Å². The molecule has 0 fully saturated rings. The molecule has 10 nitrogen and oxygen atoms in total. The highest BCUT2D eigenvalue weighted by Gasteiger charge is 2.20. The molecule has 4 aromatic rings. The molecule has 0 radical (unpaired) electrons.